The number of ketones is 1. The second-order valence-electron chi connectivity index (χ2n) is 4.71. The molecular formula is C12H17NO3. The normalized spacial score (nSPS) is 26.9. The molecule has 1 aliphatic rings. The Labute approximate surface area is 94.9 Å². The number of hydrogen-bond acceptors (Lipinski definition) is 4. The van der Waals surface area contributed by atoms with Crippen molar-refractivity contribution in [2.24, 2.45) is 0 Å². The Morgan fingerprint density at radius 1 is 1.69 bits per heavy atom. The molecule has 0 amide bonds. The number of aliphatic hydroxyl groups is 1. The molecule has 0 saturated carbocycles. The number of furan rings is 1. The van der Waals surface area contributed by atoms with E-state index in [9.17, 15) is 9.90 Å². The molecule has 1 fully saturated rings. The number of carbonyl (C=O) groups is 1. The van der Waals surface area contributed by atoms with Crippen molar-refractivity contribution in [3.8, 4) is 0 Å². The minimum atomic E-state index is -0.665. The molecule has 1 unspecified atom stereocenters. The minimum Gasteiger partial charge on any atom is -0.461 e. The zero-order chi connectivity index (χ0) is 11.6. The lowest BCUT2D eigenvalue weighted by Crippen LogP contribution is -2.47. The molecule has 1 aromatic rings. The van der Waals surface area contributed by atoms with E-state index in [-0.39, 0.29) is 5.78 Å². The third-order valence-electron chi connectivity index (χ3n) is 2.92. The van der Waals surface area contributed by atoms with Gasteiger partial charge in [-0.2, -0.15) is 0 Å². The van der Waals surface area contributed by atoms with Gasteiger partial charge >= 0.3 is 0 Å². The number of likely N-dealkylation sites (tertiary alicyclic amines) is 1. The molecule has 0 aliphatic carbocycles. The highest BCUT2D eigenvalue weighted by molar-refractivity contribution is 5.95. The highest BCUT2D eigenvalue weighted by atomic mass is 16.3. The number of nitrogens with zero attached hydrogens (tertiary/aromatic N) is 1. The Kier molecular flexibility index (Phi) is 3.12. The van der Waals surface area contributed by atoms with Crippen LogP contribution in [-0.4, -0.2) is 41.0 Å². The van der Waals surface area contributed by atoms with Gasteiger partial charge in [-0.3, -0.25) is 9.69 Å². The predicted molar refractivity (Wildman–Crippen MR) is 59.3 cm³/mol. The fourth-order valence-electron chi connectivity index (χ4n) is 2.18. The van der Waals surface area contributed by atoms with Gasteiger partial charge in [-0.1, -0.05) is 0 Å². The van der Waals surface area contributed by atoms with E-state index in [2.05, 4.69) is 0 Å². The van der Waals surface area contributed by atoms with E-state index < -0.39 is 5.60 Å². The second-order valence-corrected chi connectivity index (χ2v) is 4.71. The van der Waals surface area contributed by atoms with Crippen molar-refractivity contribution in [1.29, 1.82) is 0 Å². The van der Waals surface area contributed by atoms with Gasteiger partial charge < -0.3 is 9.52 Å². The molecule has 1 aromatic heterocycles. The van der Waals surface area contributed by atoms with Crippen molar-refractivity contribution < 1.29 is 14.3 Å². The summed E-state index contributed by atoms with van der Waals surface area (Å²) in [5.74, 6) is 0.368. The first-order valence-electron chi connectivity index (χ1n) is 5.58. The highest BCUT2D eigenvalue weighted by Crippen LogP contribution is 2.20. The van der Waals surface area contributed by atoms with Gasteiger partial charge in [-0.25, -0.2) is 0 Å². The van der Waals surface area contributed by atoms with Crippen molar-refractivity contribution in [1.82, 2.24) is 4.90 Å². The molecular weight excluding hydrogens is 206 g/mol. The van der Waals surface area contributed by atoms with Crippen molar-refractivity contribution in [3.63, 3.8) is 0 Å². The zero-order valence-electron chi connectivity index (χ0n) is 9.48. The summed E-state index contributed by atoms with van der Waals surface area (Å²) in [4.78, 5) is 13.7. The van der Waals surface area contributed by atoms with Gasteiger partial charge in [0, 0.05) is 6.54 Å². The molecule has 2 rings (SSSR count). The molecule has 4 nitrogen and oxygen atoms in total. The fraction of sp³-hybridized carbons (Fsp3) is 0.583. The maximum atomic E-state index is 11.8. The maximum Gasteiger partial charge on any atom is 0.211 e. The van der Waals surface area contributed by atoms with Crippen LogP contribution >= 0.6 is 0 Å². The lowest BCUT2D eigenvalue weighted by Gasteiger charge is -2.36. The van der Waals surface area contributed by atoms with Gasteiger partial charge in [0.25, 0.3) is 0 Å². The van der Waals surface area contributed by atoms with Gasteiger partial charge in [0.05, 0.1) is 18.4 Å². The van der Waals surface area contributed by atoms with Crippen LogP contribution in [0.3, 0.4) is 0 Å². The first kappa shape index (κ1) is 11.4. The highest BCUT2D eigenvalue weighted by Gasteiger charge is 2.29. The van der Waals surface area contributed by atoms with Crippen molar-refractivity contribution in [2.45, 2.75) is 25.4 Å². The van der Waals surface area contributed by atoms with Gasteiger partial charge in [0.1, 0.15) is 0 Å². The van der Waals surface area contributed by atoms with E-state index in [1.165, 1.54) is 6.26 Å². The molecule has 88 valence electrons. The molecule has 0 radical (unpaired) electrons. The summed E-state index contributed by atoms with van der Waals surface area (Å²) in [7, 11) is 0. The summed E-state index contributed by atoms with van der Waals surface area (Å²) in [6.45, 7) is 3.56. The van der Waals surface area contributed by atoms with Crippen LogP contribution < -0.4 is 0 Å². The molecule has 0 aromatic carbocycles. The molecule has 1 N–H and O–H groups in total. The Bertz CT molecular complexity index is 356. The van der Waals surface area contributed by atoms with Gasteiger partial charge in [0.15, 0.2) is 5.76 Å². The summed E-state index contributed by atoms with van der Waals surface area (Å²) < 4.78 is 5.05. The minimum absolute atomic E-state index is 0.0253. The third-order valence-corrected chi connectivity index (χ3v) is 2.92. The summed E-state index contributed by atoms with van der Waals surface area (Å²) in [5, 5.41) is 9.91. The first-order valence-corrected chi connectivity index (χ1v) is 5.58. The van der Waals surface area contributed by atoms with Crippen LogP contribution in [0.5, 0.6) is 0 Å². The predicted octanol–water partition coefficient (Wildman–Crippen LogP) is 1.31. The van der Waals surface area contributed by atoms with Crippen LogP contribution in [0.2, 0.25) is 0 Å². The number of piperidine rings is 1. The maximum absolute atomic E-state index is 11.8. The Morgan fingerprint density at radius 2 is 2.50 bits per heavy atom. The van der Waals surface area contributed by atoms with Crippen LogP contribution in [-0.2, 0) is 0 Å². The average Bonchev–Trinajstić information content (AvgIpc) is 2.68. The van der Waals surface area contributed by atoms with E-state index >= 15 is 0 Å². The van der Waals surface area contributed by atoms with E-state index in [1.54, 1.807) is 12.1 Å². The number of β-amino-alcohol motifs (C(OH)–C–C–N with tert-alkyl or cyclic N) is 1. The molecule has 1 atom stereocenters. The Hall–Kier alpha value is -1.13. The molecule has 2 heterocycles. The van der Waals surface area contributed by atoms with Crippen LogP contribution in [0, 0.1) is 0 Å². The Morgan fingerprint density at radius 3 is 3.12 bits per heavy atom. The standard InChI is InChI=1S/C12H17NO3/c1-12(15)5-3-6-13(9-12)8-10(14)11-4-2-7-16-11/h2,4,7,15H,3,5-6,8-9H2,1H3. The van der Waals surface area contributed by atoms with Crippen molar-refractivity contribution >= 4 is 5.78 Å². The largest absolute Gasteiger partial charge is 0.461 e. The van der Waals surface area contributed by atoms with E-state index in [4.69, 9.17) is 4.42 Å². The molecule has 1 saturated heterocycles. The SMILES string of the molecule is CC1(O)CCCN(CC(=O)c2ccco2)C1. The quantitative estimate of drug-likeness (QED) is 0.785. The van der Waals surface area contributed by atoms with Crippen LogP contribution in [0.15, 0.2) is 22.8 Å². The third kappa shape index (κ3) is 2.71. The topological polar surface area (TPSA) is 53.7 Å². The lowest BCUT2D eigenvalue weighted by atomic mass is 9.95. The zero-order valence-corrected chi connectivity index (χ0v) is 9.48. The molecule has 4 heteroatoms. The Balaban J connectivity index is 1.92. The fourth-order valence-corrected chi connectivity index (χ4v) is 2.18. The van der Waals surface area contributed by atoms with Crippen LogP contribution in [0.25, 0.3) is 0 Å². The molecule has 0 bridgehead atoms. The average molecular weight is 223 g/mol. The summed E-state index contributed by atoms with van der Waals surface area (Å²) in [6, 6.07) is 3.38. The molecule has 0 spiro atoms. The monoisotopic (exact) mass is 223 g/mol. The lowest BCUT2D eigenvalue weighted by molar-refractivity contribution is -0.0135. The number of hydrogen-bond donors (Lipinski definition) is 1. The summed E-state index contributed by atoms with van der Waals surface area (Å²) in [6.07, 6.45) is 3.23. The van der Waals surface area contributed by atoms with Crippen molar-refractivity contribution in [3.05, 3.63) is 24.2 Å². The number of rotatable bonds is 3. The second kappa shape index (κ2) is 4.39. The summed E-state index contributed by atoms with van der Waals surface area (Å²) in [5.41, 5.74) is -0.665. The van der Waals surface area contributed by atoms with Crippen LogP contribution in [0.1, 0.15) is 30.3 Å². The number of Topliss-reactive ketones (excluding diaryl/α,β-unsaturated/α-hetero) is 1. The van der Waals surface area contributed by atoms with Crippen molar-refractivity contribution in [2.75, 3.05) is 19.6 Å². The van der Waals surface area contributed by atoms with E-state index in [0.717, 1.165) is 19.4 Å². The van der Waals surface area contributed by atoms with E-state index in [1.807, 2.05) is 11.8 Å². The molecule has 16 heavy (non-hydrogen) atoms. The van der Waals surface area contributed by atoms with Crippen LogP contribution in [0.4, 0.5) is 0 Å². The van der Waals surface area contributed by atoms with E-state index in [0.29, 0.717) is 18.8 Å². The first-order chi connectivity index (χ1) is 7.57. The smallest absolute Gasteiger partial charge is 0.211 e. The van der Waals surface area contributed by atoms with Gasteiger partial charge in [-0.15, -0.1) is 0 Å². The number of carbonyl (C=O) groups excluding carboxylic acids is 1. The van der Waals surface area contributed by atoms with Gasteiger partial charge in [0.2, 0.25) is 5.78 Å². The van der Waals surface area contributed by atoms with Gasteiger partial charge in [-0.05, 0) is 38.4 Å². The molecule has 1 aliphatic heterocycles. The summed E-state index contributed by atoms with van der Waals surface area (Å²) >= 11 is 0.